The summed E-state index contributed by atoms with van der Waals surface area (Å²) in [6.45, 7) is 3.50. The molecule has 0 saturated carbocycles. The molecule has 2 aromatic rings. The minimum atomic E-state index is -0.789. The maximum atomic E-state index is 11.1. The average molecular weight is 418 g/mol. The van der Waals surface area contributed by atoms with E-state index in [0.29, 0.717) is 56.0 Å². The molecule has 0 amide bonds. The summed E-state index contributed by atoms with van der Waals surface area (Å²) in [5.41, 5.74) is 2.12. The molecule has 1 aliphatic rings. The third-order valence-electron chi connectivity index (χ3n) is 4.23. The number of thioether (sulfide) groups is 1. The number of rotatable bonds is 5. The second-order valence-electron chi connectivity index (χ2n) is 6.06. The van der Waals surface area contributed by atoms with Crippen molar-refractivity contribution in [3.8, 4) is 6.07 Å². The average Bonchev–Trinajstić information content (AvgIpc) is 3.05. The number of aryl methyl sites for hydroxylation is 1. The number of fused-ring (bicyclic) bond motifs is 1. The Labute approximate surface area is 168 Å². The van der Waals surface area contributed by atoms with E-state index in [0.717, 1.165) is 6.07 Å². The van der Waals surface area contributed by atoms with E-state index in [9.17, 15) is 25.5 Å². The third kappa shape index (κ3) is 3.54. The highest BCUT2D eigenvalue weighted by Gasteiger charge is 2.29. The third-order valence-corrected chi connectivity index (χ3v) is 5.84. The van der Waals surface area contributed by atoms with Crippen LogP contribution in [0.15, 0.2) is 22.2 Å². The smallest absolute Gasteiger partial charge is 0.258 e. The number of benzene rings is 1. The fourth-order valence-corrected chi connectivity index (χ4v) is 4.00. The van der Waals surface area contributed by atoms with E-state index in [-0.39, 0.29) is 0 Å². The lowest BCUT2D eigenvalue weighted by Gasteiger charge is -2.09. The van der Waals surface area contributed by atoms with Crippen LogP contribution in [-0.2, 0) is 6.42 Å². The molecule has 1 aliphatic heterocycles. The van der Waals surface area contributed by atoms with Crippen LogP contribution in [0.5, 0.6) is 0 Å². The Morgan fingerprint density at radius 1 is 1.25 bits per heavy atom. The molecular weight excluding hydrogens is 406 g/mol. The number of aliphatic imine (C=N–C) groups is 1. The number of hydrogen-bond acceptors (Lipinski definition) is 8. The fourth-order valence-electron chi connectivity index (χ4n) is 2.85. The Hall–Kier alpha value is -3.03. The van der Waals surface area contributed by atoms with Gasteiger partial charge in [0.2, 0.25) is 0 Å². The minimum Gasteiger partial charge on any atom is -0.258 e. The first-order valence-corrected chi connectivity index (χ1v) is 9.31. The van der Waals surface area contributed by atoms with Gasteiger partial charge in [-0.2, -0.15) is 5.26 Å². The van der Waals surface area contributed by atoms with Crippen LogP contribution in [-0.4, -0.2) is 26.3 Å². The maximum absolute atomic E-state index is 11.1. The Bertz CT molecular complexity index is 1110. The van der Waals surface area contributed by atoms with Crippen LogP contribution in [0.2, 0.25) is 5.02 Å². The minimum absolute atomic E-state index is 0.342. The van der Waals surface area contributed by atoms with Crippen LogP contribution in [0.25, 0.3) is 0 Å². The van der Waals surface area contributed by atoms with Crippen molar-refractivity contribution in [3.05, 3.63) is 59.8 Å². The van der Waals surface area contributed by atoms with Crippen LogP contribution in [0.4, 0.5) is 17.1 Å². The molecule has 0 aliphatic carbocycles. The van der Waals surface area contributed by atoms with E-state index in [4.69, 9.17) is 11.6 Å². The molecule has 0 radical (unpaired) electrons. The van der Waals surface area contributed by atoms with Crippen molar-refractivity contribution in [2.24, 2.45) is 4.99 Å². The van der Waals surface area contributed by atoms with Gasteiger partial charge in [0.15, 0.2) is 0 Å². The van der Waals surface area contributed by atoms with Gasteiger partial charge in [0, 0.05) is 30.0 Å². The van der Waals surface area contributed by atoms with Gasteiger partial charge in [-0.3, -0.25) is 25.2 Å². The molecule has 0 atom stereocenters. The molecule has 11 heteroatoms. The lowest BCUT2D eigenvalue weighted by molar-refractivity contribution is -0.422. The summed E-state index contributed by atoms with van der Waals surface area (Å²) < 4.78 is 0. The summed E-state index contributed by atoms with van der Waals surface area (Å²) >= 11 is 7.45. The lowest BCUT2D eigenvalue weighted by Crippen LogP contribution is -2.04. The molecule has 9 nitrogen and oxygen atoms in total. The van der Waals surface area contributed by atoms with Crippen molar-refractivity contribution in [1.82, 2.24) is 4.98 Å². The first-order valence-electron chi connectivity index (χ1n) is 7.94. The van der Waals surface area contributed by atoms with Gasteiger partial charge in [-0.15, -0.1) is 0 Å². The Balaban J connectivity index is 1.86. The van der Waals surface area contributed by atoms with Crippen molar-refractivity contribution >= 4 is 46.1 Å². The van der Waals surface area contributed by atoms with E-state index in [1.807, 2.05) is 0 Å². The SMILES string of the molecule is Cc1nc(SCC2=Nc3cc([N+](=O)[O-])c([N+](=O)[O-])cc3C2)c(C#N)c(C)c1Cl. The number of hydrogen-bond donors (Lipinski definition) is 0. The van der Waals surface area contributed by atoms with Crippen LogP contribution < -0.4 is 0 Å². The number of pyridine rings is 1. The van der Waals surface area contributed by atoms with Gasteiger partial charge >= 0.3 is 11.4 Å². The quantitative estimate of drug-likeness (QED) is 0.398. The zero-order valence-electron chi connectivity index (χ0n) is 14.7. The van der Waals surface area contributed by atoms with E-state index in [2.05, 4.69) is 16.0 Å². The van der Waals surface area contributed by atoms with Gasteiger partial charge in [0.05, 0.1) is 31.8 Å². The van der Waals surface area contributed by atoms with Gasteiger partial charge in [0.1, 0.15) is 11.1 Å². The fraction of sp³-hybridized carbons (Fsp3) is 0.235. The summed E-state index contributed by atoms with van der Waals surface area (Å²) in [7, 11) is 0. The van der Waals surface area contributed by atoms with Gasteiger partial charge in [-0.25, -0.2) is 4.98 Å². The Kier molecular flexibility index (Phi) is 5.31. The number of nitro benzene ring substituents is 2. The molecule has 0 spiro atoms. The van der Waals surface area contributed by atoms with E-state index in [1.165, 1.54) is 17.8 Å². The van der Waals surface area contributed by atoms with Crippen molar-refractivity contribution < 1.29 is 9.85 Å². The first-order chi connectivity index (χ1) is 13.2. The standard InChI is InChI=1S/C17H12ClN5O4S/c1-8-12(6-19)17(20-9(2)16(8)18)28-7-11-3-10-4-14(22(24)25)15(23(26)27)5-13(10)21-11/h4-5H,3,7H2,1-2H3. The Morgan fingerprint density at radius 2 is 1.89 bits per heavy atom. The monoisotopic (exact) mass is 417 g/mol. The molecule has 2 heterocycles. The zero-order valence-corrected chi connectivity index (χ0v) is 16.3. The predicted octanol–water partition coefficient (Wildman–Crippen LogP) is 4.46. The van der Waals surface area contributed by atoms with Crippen molar-refractivity contribution in [2.75, 3.05) is 5.75 Å². The lowest BCUT2D eigenvalue weighted by atomic mass is 10.1. The molecule has 0 fully saturated rings. The van der Waals surface area contributed by atoms with Crippen molar-refractivity contribution in [3.63, 3.8) is 0 Å². The van der Waals surface area contributed by atoms with Crippen molar-refractivity contribution in [2.45, 2.75) is 25.3 Å². The van der Waals surface area contributed by atoms with Gasteiger partial charge in [-0.05, 0) is 25.0 Å². The van der Waals surface area contributed by atoms with Gasteiger partial charge in [-0.1, -0.05) is 23.4 Å². The summed E-state index contributed by atoms with van der Waals surface area (Å²) in [5.74, 6) is 0.387. The maximum Gasteiger partial charge on any atom is 0.348 e. The van der Waals surface area contributed by atoms with Gasteiger partial charge in [0.25, 0.3) is 0 Å². The molecule has 0 unspecified atom stereocenters. The predicted molar refractivity (Wildman–Crippen MR) is 105 cm³/mol. The van der Waals surface area contributed by atoms with E-state index in [1.54, 1.807) is 13.8 Å². The highest BCUT2D eigenvalue weighted by Crippen LogP contribution is 2.38. The van der Waals surface area contributed by atoms with E-state index >= 15 is 0 Å². The van der Waals surface area contributed by atoms with Crippen LogP contribution in [0.3, 0.4) is 0 Å². The topological polar surface area (TPSA) is 135 Å². The van der Waals surface area contributed by atoms with Gasteiger partial charge < -0.3 is 0 Å². The first kappa shape index (κ1) is 19.7. The molecule has 1 aromatic heterocycles. The normalized spacial score (nSPS) is 12.3. The summed E-state index contributed by atoms with van der Waals surface area (Å²) in [6.07, 6.45) is 0.342. The number of nitro groups is 2. The number of halogens is 1. The highest BCUT2D eigenvalue weighted by molar-refractivity contribution is 8.00. The zero-order chi connectivity index (χ0) is 20.6. The molecular formula is C17H12ClN5O4S. The molecule has 1 aromatic carbocycles. The molecule has 28 heavy (non-hydrogen) atoms. The van der Waals surface area contributed by atoms with Crippen LogP contribution in [0, 0.1) is 45.4 Å². The molecule has 0 bridgehead atoms. The Morgan fingerprint density at radius 3 is 2.50 bits per heavy atom. The number of nitriles is 1. The highest BCUT2D eigenvalue weighted by atomic mass is 35.5. The molecule has 142 valence electrons. The summed E-state index contributed by atoms with van der Waals surface area (Å²) in [5, 5.41) is 32.5. The number of aromatic nitrogens is 1. The second kappa shape index (κ2) is 7.53. The van der Waals surface area contributed by atoms with Crippen molar-refractivity contribution in [1.29, 1.82) is 5.26 Å². The second-order valence-corrected chi connectivity index (χ2v) is 7.40. The largest absolute Gasteiger partial charge is 0.348 e. The molecule has 0 N–H and O–H groups in total. The van der Waals surface area contributed by atoms with Crippen LogP contribution in [0.1, 0.15) is 22.4 Å². The summed E-state index contributed by atoms with van der Waals surface area (Å²) in [6, 6.07) is 4.43. The molecule has 0 saturated heterocycles. The summed E-state index contributed by atoms with van der Waals surface area (Å²) in [4.78, 5) is 29.3. The van der Waals surface area contributed by atoms with E-state index < -0.39 is 21.2 Å². The van der Waals surface area contributed by atoms with Crippen LogP contribution >= 0.6 is 23.4 Å². The number of nitrogens with zero attached hydrogens (tertiary/aromatic N) is 5. The molecule has 3 rings (SSSR count).